The standard InChI is InChI=1S/C18H23ClO/c1-9-8-10(2)12(4)16(11(9)3)18(19)17-13(5)14(6)20-15(17)7/h8,18H,1-7H3. The van der Waals surface area contributed by atoms with Crippen LogP contribution in [0, 0.1) is 48.5 Å². The first-order valence-electron chi connectivity index (χ1n) is 7.03. The van der Waals surface area contributed by atoms with Gasteiger partial charge in [-0.1, -0.05) is 6.07 Å². The lowest BCUT2D eigenvalue weighted by molar-refractivity contribution is 0.500. The number of benzene rings is 1. The molecule has 2 rings (SSSR count). The zero-order valence-corrected chi connectivity index (χ0v) is 14.2. The first kappa shape index (κ1) is 15.2. The van der Waals surface area contributed by atoms with Gasteiger partial charge in [-0.2, -0.15) is 0 Å². The molecule has 0 N–H and O–H groups in total. The monoisotopic (exact) mass is 290 g/mol. The minimum Gasteiger partial charge on any atom is -0.466 e. The Hall–Kier alpha value is -1.21. The molecule has 0 saturated heterocycles. The van der Waals surface area contributed by atoms with Crippen LogP contribution in [-0.2, 0) is 0 Å². The van der Waals surface area contributed by atoms with Gasteiger partial charge < -0.3 is 4.42 Å². The average Bonchev–Trinajstić information content (AvgIpc) is 2.61. The maximum atomic E-state index is 6.85. The van der Waals surface area contributed by atoms with Gasteiger partial charge in [0, 0.05) is 5.56 Å². The third kappa shape index (κ3) is 2.29. The van der Waals surface area contributed by atoms with Crippen LogP contribution in [0.4, 0.5) is 0 Å². The molecule has 1 heterocycles. The first-order chi connectivity index (χ1) is 9.25. The van der Waals surface area contributed by atoms with Crippen LogP contribution in [0.1, 0.15) is 55.8 Å². The summed E-state index contributed by atoms with van der Waals surface area (Å²) in [6.45, 7) is 14.7. The molecule has 1 nitrogen and oxygen atoms in total. The van der Waals surface area contributed by atoms with Crippen molar-refractivity contribution in [1.29, 1.82) is 0 Å². The van der Waals surface area contributed by atoms with Crippen molar-refractivity contribution in [3.63, 3.8) is 0 Å². The van der Waals surface area contributed by atoms with Crippen LogP contribution in [-0.4, -0.2) is 0 Å². The minimum absolute atomic E-state index is 0.147. The lowest BCUT2D eigenvalue weighted by Crippen LogP contribution is -2.05. The largest absolute Gasteiger partial charge is 0.466 e. The molecule has 0 radical (unpaired) electrons. The highest BCUT2D eigenvalue weighted by Crippen LogP contribution is 2.40. The highest BCUT2D eigenvalue weighted by Gasteiger charge is 2.24. The summed E-state index contributed by atoms with van der Waals surface area (Å²) in [4.78, 5) is 0. The predicted octanol–water partition coefficient (Wildman–Crippen LogP) is 5.77. The molecular formula is C18H23ClO. The van der Waals surface area contributed by atoms with Crippen molar-refractivity contribution in [3.05, 3.63) is 56.5 Å². The second-order valence-electron chi connectivity index (χ2n) is 5.79. The number of halogens is 1. The number of hydrogen-bond acceptors (Lipinski definition) is 1. The van der Waals surface area contributed by atoms with Crippen molar-refractivity contribution in [3.8, 4) is 0 Å². The van der Waals surface area contributed by atoms with Crippen LogP contribution in [0.2, 0.25) is 0 Å². The molecule has 1 atom stereocenters. The molecule has 2 aromatic rings. The summed E-state index contributed by atoms with van der Waals surface area (Å²) in [5.74, 6) is 1.89. The van der Waals surface area contributed by atoms with E-state index < -0.39 is 0 Å². The van der Waals surface area contributed by atoms with Gasteiger partial charge in [0.25, 0.3) is 0 Å². The van der Waals surface area contributed by atoms with Crippen LogP contribution in [0.5, 0.6) is 0 Å². The quantitative estimate of drug-likeness (QED) is 0.640. The van der Waals surface area contributed by atoms with Gasteiger partial charge in [0.05, 0.1) is 5.38 Å². The molecule has 0 spiro atoms. The molecule has 0 aliphatic heterocycles. The van der Waals surface area contributed by atoms with Gasteiger partial charge in [0.1, 0.15) is 11.5 Å². The molecule has 0 amide bonds. The van der Waals surface area contributed by atoms with Gasteiger partial charge in [-0.15, -0.1) is 11.6 Å². The van der Waals surface area contributed by atoms with Crippen LogP contribution >= 0.6 is 11.6 Å². The average molecular weight is 291 g/mol. The Morgan fingerprint density at radius 1 is 0.750 bits per heavy atom. The molecule has 0 fully saturated rings. The topological polar surface area (TPSA) is 13.1 Å². The fraction of sp³-hybridized carbons (Fsp3) is 0.444. The van der Waals surface area contributed by atoms with E-state index in [2.05, 4.69) is 40.7 Å². The predicted molar refractivity (Wildman–Crippen MR) is 86.0 cm³/mol. The summed E-state index contributed by atoms with van der Waals surface area (Å²) in [7, 11) is 0. The highest BCUT2D eigenvalue weighted by atomic mass is 35.5. The van der Waals surface area contributed by atoms with Gasteiger partial charge in [0.15, 0.2) is 0 Å². The number of aryl methyl sites for hydroxylation is 4. The second-order valence-corrected chi connectivity index (χ2v) is 6.23. The van der Waals surface area contributed by atoms with Crippen molar-refractivity contribution in [2.45, 2.75) is 53.8 Å². The van der Waals surface area contributed by atoms with E-state index in [9.17, 15) is 0 Å². The molecule has 108 valence electrons. The molecule has 0 saturated carbocycles. The summed E-state index contributed by atoms with van der Waals surface area (Å²) in [6.07, 6.45) is 0. The molecule has 1 unspecified atom stereocenters. The molecule has 0 aliphatic rings. The van der Waals surface area contributed by atoms with E-state index in [1.807, 2.05) is 13.8 Å². The molecule has 0 aliphatic carbocycles. The normalized spacial score (nSPS) is 12.8. The van der Waals surface area contributed by atoms with E-state index in [-0.39, 0.29) is 5.38 Å². The minimum atomic E-state index is -0.147. The molecule has 0 bridgehead atoms. The van der Waals surface area contributed by atoms with E-state index in [0.717, 1.165) is 17.1 Å². The summed E-state index contributed by atoms with van der Waals surface area (Å²) in [5.41, 5.74) is 8.68. The van der Waals surface area contributed by atoms with Crippen molar-refractivity contribution < 1.29 is 4.42 Å². The summed E-state index contributed by atoms with van der Waals surface area (Å²) >= 11 is 6.85. The first-order valence-corrected chi connectivity index (χ1v) is 7.47. The van der Waals surface area contributed by atoms with Crippen molar-refractivity contribution in [2.75, 3.05) is 0 Å². The highest BCUT2D eigenvalue weighted by molar-refractivity contribution is 6.23. The zero-order chi connectivity index (χ0) is 15.2. The number of furan rings is 1. The van der Waals surface area contributed by atoms with Gasteiger partial charge in [-0.25, -0.2) is 0 Å². The van der Waals surface area contributed by atoms with E-state index >= 15 is 0 Å². The lowest BCUT2D eigenvalue weighted by atomic mass is 9.89. The summed E-state index contributed by atoms with van der Waals surface area (Å²) < 4.78 is 5.74. The Labute approximate surface area is 127 Å². The smallest absolute Gasteiger partial charge is 0.106 e. The number of rotatable bonds is 2. The van der Waals surface area contributed by atoms with Crippen LogP contribution < -0.4 is 0 Å². The fourth-order valence-corrected chi connectivity index (χ4v) is 3.60. The van der Waals surface area contributed by atoms with E-state index in [4.69, 9.17) is 16.0 Å². The van der Waals surface area contributed by atoms with E-state index in [1.54, 1.807) is 0 Å². The number of hydrogen-bond donors (Lipinski definition) is 0. The Balaban J connectivity index is 2.68. The second kappa shape index (κ2) is 5.29. The summed E-state index contributed by atoms with van der Waals surface area (Å²) in [5, 5.41) is -0.147. The Morgan fingerprint density at radius 2 is 1.25 bits per heavy atom. The SMILES string of the molecule is Cc1cc(C)c(C)c(C(Cl)c2c(C)oc(C)c2C)c1C. The van der Waals surface area contributed by atoms with Crippen molar-refractivity contribution in [2.24, 2.45) is 0 Å². The van der Waals surface area contributed by atoms with Gasteiger partial charge >= 0.3 is 0 Å². The van der Waals surface area contributed by atoms with Gasteiger partial charge in [-0.05, 0) is 81.8 Å². The van der Waals surface area contributed by atoms with Gasteiger partial charge in [-0.3, -0.25) is 0 Å². The molecule has 20 heavy (non-hydrogen) atoms. The van der Waals surface area contributed by atoms with E-state index in [0.29, 0.717) is 0 Å². The Morgan fingerprint density at radius 3 is 1.65 bits per heavy atom. The maximum absolute atomic E-state index is 6.85. The van der Waals surface area contributed by atoms with Crippen molar-refractivity contribution >= 4 is 11.6 Å². The third-order valence-corrected chi connectivity index (χ3v) is 4.98. The fourth-order valence-electron chi connectivity index (χ4n) is 2.96. The maximum Gasteiger partial charge on any atom is 0.106 e. The van der Waals surface area contributed by atoms with Crippen LogP contribution in [0.3, 0.4) is 0 Å². The molecule has 1 aromatic carbocycles. The zero-order valence-electron chi connectivity index (χ0n) is 13.4. The van der Waals surface area contributed by atoms with Gasteiger partial charge in [0.2, 0.25) is 0 Å². The number of alkyl halides is 1. The molecule has 2 heteroatoms. The van der Waals surface area contributed by atoms with E-state index in [1.165, 1.54) is 33.4 Å². The Bertz CT molecular complexity index is 639. The summed E-state index contributed by atoms with van der Waals surface area (Å²) in [6, 6.07) is 2.23. The van der Waals surface area contributed by atoms with Crippen LogP contribution in [0.15, 0.2) is 10.5 Å². The Kier molecular flexibility index (Phi) is 4.02. The van der Waals surface area contributed by atoms with Crippen LogP contribution in [0.25, 0.3) is 0 Å². The lowest BCUT2D eigenvalue weighted by Gasteiger charge is -2.20. The molecule has 1 aromatic heterocycles. The third-order valence-electron chi connectivity index (χ3n) is 4.55. The molecular weight excluding hydrogens is 268 g/mol. The van der Waals surface area contributed by atoms with Crippen molar-refractivity contribution in [1.82, 2.24) is 0 Å².